The normalized spacial score (nSPS) is 18.3. The van der Waals surface area contributed by atoms with Crippen LogP contribution in [-0.4, -0.2) is 36.1 Å². The number of rotatable bonds is 7. The van der Waals surface area contributed by atoms with Crippen LogP contribution in [0.1, 0.15) is 45.4 Å². The number of carbonyl (C=O) groups is 2. The lowest BCUT2D eigenvalue weighted by Crippen LogP contribution is -2.46. The van der Waals surface area contributed by atoms with Crippen molar-refractivity contribution in [1.82, 2.24) is 10.6 Å². The van der Waals surface area contributed by atoms with Gasteiger partial charge in [-0.1, -0.05) is 32.1 Å². The number of carboxylic acids is 1. The molecule has 0 bridgehead atoms. The smallest absolute Gasteiger partial charge is 0.327 e. The summed E-state index contributed by atoms with van der Waals surface area (Å²) in [5.41, 5.74) is 0. The van der Waals surface area contributed by atoms with E-state index in [1.807, 2.05) is 0 Å². The van der Waals surface area contributed by atoms with E-state index in [0.717, 1.165) is 18.9 Å². The van der Waals surface area contributed by atoms with Gasteiger partial charge in [0.25, 0.3) is 0 Å². The van der Waals surface area contributed by atoms with Gasteiger partial charge in [-0.3, -0.25) is 4.79 Å². The van der Waals surface area contributed by atoms with E-state index in [4.69, 9.17) is 5.11 Å². The second kappa shape index (κ2) is 8.08. The summed E-state index contributed by atoms with van der Waals surface area (Å²) >= 11 is 0. The second-order valence-electron chi connectivity index (χ2n) is 5.09. The third-order valence-corrected chi connectivity index (χ3v) is 3.48. The summed E-state index contributed by atoms with van der Waals surface area (Å²) in [5.74, 6) is -0.512. The number of carbonyl (C=O) groups excluding carboxylic acids is 1. The topological polar surface area (TPSA) is 78.4 Å². The van der Waals surface area contributed by atoms with Gasteiger partial charge in [-0.2, -0.15) is 0 Å². The van der Waals surface area contributed by atoms with Crippen molar-refractivity contribution >= 4 is 11.9 Å². The number of amides is 1. The fourth-order valence-electron chi connectivity index (χ4n) is 2.47. The highest BCUT2D eigenvalue weighted by Gasteiger charge is 2.18. The maximum absolute atomic E-state index is 10.9. The Hall–Kier alpha value is -1.10. The van der Waals surface area contributed by atoms with Crippen LogP contribution in [0.15, 0.2) is 0 Å². The number of nitrogens with one attached hydrogen (secondary N) is 2. The Morgan fingerprint density at radius 3 is 2.50 bits per heavy atom. The van der Waals surface area contributed by atoms with E-state index >= 15 is 0 Å². The van der Waals surface area contributed by atoms with Gasteiger partial charge in [0.05, 0.1) is 0 Å². The summed E-state index contributed by atoms with van der Waals surface area (Å²) in [7, 11) is 0. The van der Waals surface area contributed by atoms with E-state index in [9.17, 15) is 9.59 Å². The lowest BCUT2D eigenvalue weighted by atomic mass is 9.87. The van der Waals surface area contributed by atoms with E-state index < -0.39 is 12.0 Å². The first kappa shape index (κ1) is 15.0. The van der Waals surface area contributed by atoms with Crippen LogP contribution in [-0.2, 0) is 9.59 Å². The summed E-state index contributed by atoms with van der Waals surface area (Å²) in [4.78, 5) is 21.7. The molecule has 1 unspecified atom stereocenters. The van der Waals surface area contributed by atoms with E-state index in [2.05, 4.69) is 10.6 Å². The minimum Gasteiger partial charge on any atom is -0.480 e. The zero-order chi connectivity index (χ0) is 13.4. The molecule has 1 rings (SSSR count). The number of hydrogen-bond acceptors (Lipinski definition) is 3. The molecule has 1 amide bonds. The fraction of sp³-hybridized carbons (Fsp3) is 0.846. The van der Waals surface area contributed by atoms with E-state index in [0.29, 0.717) is 6.54 Å². The fourth-order valence-corrected chi connectivity index (χ4v) is 2.47. The first-order valence-corrected chi connectivity index (χ1v) is 6.80. The molecule has 1 aliphatic rings. The van der Waals surface area contributed by atoms with Gasteiger partial charge in [0.15, 0.2) is 0 Å². The van der Waals surface area contributed by atoms with Gasteiger partial charge in [-0.25, -0.2) is 4.79 Å². The van der Waals surface area contributed by atoms with Crippen LogP contribution >= 0.6 is 0 Å². The van der Waals surface area contributed by atoms with Gasteiger partial charge in [0.1, 0.15) is 6.04 Å². The Morgan fingerprint density at radius 2 is 1.94 bits per heavy atom. The minimum atomic E-state index is -0.990. The van der Waals surface area contributed by atoms with Crippen molar-refractivity contribution in [3.05, 3.63) is 0 Å². The molecule has 0 spiro atoms. The molecule has 0 aromatic heterocycles. The van der Waals surface area contributed by atoms with Crippen LogP contribution in [0, 0.1) is 5.92 Å². The molecule has 18 heavy (non-hydrogen) atoms. The molecule has 0 heterocycles. The quantitative estimate of drug-likeness (QED) is 0.597. The zero-order valence-electron chi connectivity index (χ0n) is 11.1. The lowest BCUT2D eigenvalue weighted by molar-refractivity contribution is -0.141. The Balaban J connectivity index is 2.13. The average molecular weight is 256 g/mol. The van der Waals surface area contributed by atoms with Crippen LogP contribution in [0.2, 0.25) is 0 Å². The second-order valence-corrected chi connectivity index (χ2v) is 5.09. The van der Waals surface area contributed by atoms with Crippen molar-refractivity contribution < 1.29 is 14.7 Å². The first-order chi connectivity index (χ1) is 8.59. The minimum absolute atomic E-state index is 0.293. The summed E-state index contributed by atoms with van der Waals surface area (Å²) in [5, 5.41) is 14.5. The van der Waals surface area contributed by atoms with E-state index in [1.54, 1.807) is 0 Å². The largest absolute Gasteiger partial charge is 0.480 e. The maximum atomic E-state index is 10.9. The summed E-state index contributed by atoms with van der Waals surface area (Å²) in [6, 6.07) is -0.825. The van der Waals surface area contributed by atoms with Crippen molar-refractivity contribution in [3.8, 4) is 0 Å². The Bertz CT molecular complexity index is 275. The molecule has 5 heteroatoms. The standard InChI is InChI=1S/C13H24N2O3/c1-10(16)15-12(13(17)18)9-14-8-7-11-5-3-2-4-6-11/h11-12,14H,2-9H2,1H3,(H,15,16)(H,17,18). The molecule has 1 aliphatic carbocycles. The Labute approximate surface area is 108 Å². The monoisotopic (exact) mass is 256 g/mol. The summed E-state index contributed by atoms with van der Waals surface area (Å²) in [6.45, 7) is 2.45. The molecule has 1 atom stereocenters. The molecular formula is C13H24N2O3. The first-order valence-electron chi connectivity index (χ1n) is 6.80. The molecule has 0 aromatic carbocycles. The van der Waals surface area contributed by atoms with Crippen molar-refractivity contribution in [2.75, 3.05) is 13.1 Å². The van der Waals surface area contributed by atoms with Gasteiger partial charge in [-0.15, -0.1) is 0 Å². The lowest BCUT2D eigenvalue weighted by Gasteiger charge is -2.22. The summed E-state index contributed by atoms with van der Waals surface area (Å²) in [6.07, 6.45) is 7.72. The van der Waals surface area contributed by atoms with Gasteiger partial charge >= 0.3 is 5.97 Å². The molecule has 5 nitrogen and oxygen atoms in total. The van der Waals surface area contributed by atoms with Gasteiger partial charge in [-0.05, 0) is 18.9 Å². The van der Waals surface area contributed by atoms with Crippen molar-refractivity contribution in [1.29, 1.82) is 0 Å². The molecule has 0 aromatic rings. The highest BCUT2D eigenvalue weighted by atomic mass is 16.4. The molecule has 1 fully saturated rings. The van der Waals surface area contributed by atoms with Crippen molar-refractivity contribution in [2.45, 2.75) is 51.5 Å². The molecule has 0 saturated heterocycles. The summed E-state index contributed by atoms with van der Waals surface area (Å²) < 4.78 is 0. The zero-order valence-corrected chi connectivity index (χ0v) is 11.1. The average Bonchev–Trinajstić information content (AvgIpc) is 2.33. The van der Waals surface area contributed by atoms with Crippen molar-refractivity contribution in [2.24, 2.45) is 5.92 Å². The number of hydrogen-bond donors (Lipinski definition) is 3. The molecule has 0 radical (unpaired) electrons. The van der Waals surface area contributed by atoms with Crippen molar-refractivity contribution in [3.63, 3.8) is 0 Å². The van der Waals surface area contributed by atoms with Gasteiger partial charge in [0, 0.05) is 13.5 Å². The van der Waals surface area contributed by atoms with E-state index in [1.165, 1.54) is 39.0 Å². The van der Waals surface area contributed by atoms with Crippen LogP contribution in [0.4, 0.5) is 0 Å². The predicted octanol–water partition coefficient (Wildman–Crippen LogP) is 1.14. The van der Waals surface area contributed by atoms with Gasteiger partial charge in [0.2, 0.25) is 5.91 Å². The third-order valence-electron chi connectivity index (χ3n) is 3.48. The molecule has 0 aliphatic heterocycles. The van der Waals surface area contributed by atoms with Crippen LogP contribution in [0.25, 0.3) is 0 Å². The van der Waals surface area contributed by atoms with Gasteiger partial charge < -0.3 is 15.7 Å². The molecule has 3 N–H and O–H groups in total. The molecule has 104 valence electrons. The van der Waals surface area contributed by atoms with Crippen LogP contribution in [0.3, 0.4) is 0 Å². The third kappa shape index (κ3) is 6.00. The predicted molar refractivity (Wildman–Crippen MR) is 69.3 cm³/mol. The maximum Gasteiger partial charge on any atom is 0.327 e. The Kier molecular flexibility index (Phi) is 6.72. The highest BCUT2D eigenvalue weighted by Crippen LogP contribution is 2.25. The van der Waals surface area contributed by atoms with E-state index in [-0.39, 0.29) is 5.91 Å². The van der Waals surface area contributed by atoms with Crippen LogP contribution < -0.4 is 10.6 Å². The van der Waals surface area contributed by atoms with Crippen LogP contribution in [0.5, 0.6) is 0 Å². The number of aliphatic carboxylic acids is 1. The molecule has 1 saturated carbocycles. The SMILES string of the molecule is CC(=O)NC(CNCCC1CCCCC1)C(=O)O. The molecular weight excluding hydrogens is 232 g/mol. The highest BCUT2D eigenvalue weighted by molar-refractivity contribution is 5.82. The number of carboxylic acid groups (broad SMARTS) is 1. The Morgan fingerprint density at radius 1 is 1.28 bits per heavy atom.